The molecule has 1 aromatic carbocycles. The van der Waals surface area contributed by atoms with Gasteiger partial charge in [0.15, 0.2) is 15.8 Å². The van der Waals surface area contributed by atoms with E-state index in [0.29, 0.717) is 30.1 Å². The van der Waals surface area contributed by atoms with Crippen LogP contribution in [0.3, 0.4) is 0 Å². The zero-order valence-electron chi connectivity index (χ0n) is 13.4. The number of hydrogen-bond acceptors (Lipinski definition) is 3. The predicted octanol–water partition coefficient (Wildman–Crippen LogP) is 2.17. The van der Waals surface area contributed by atoms with Crippen LogP contribution in [0.5, 0.6) is 0 Å². The molecule has 5 nitrogen and oxygen atoms in total. The van der Waals surface area contributed by atoms with Crippen LogP contribution < -0.4 is 5.32 Å². The molecule has 0 radical (unpaired) electrons. The third-order valence-electron chi connectivity index (χ3n) is 3.99. The molecule has 0 amide bonds. The Bertz CT molecular complexity index is 719. The summed E-state index contributed by atoms with van der Waals surface area (Å²) >= 11 is 3.12. The van der Waals surface area contributed by atoms with Gasteiger partial charge in [0.25, 0.3) is 0 Å². The van der Waals surface area contributed by atoms with E-state index in [1.54, 1.807) is 27.0 Å². The van der Waals surface area contributed by atoms with E-state index >= 15 is 0 Å². The number of aliphatic imine (C=N–C) groups is 1. The van der Waals surface area contributed by atoms with Crippen molar-refractivity contribution in [2.24, 2.45) is 4.99 Å². The monoisotopic (exact) mass is 405 g/mol. The molecule has 0 saturated carbocycles. The van der Waals surface area contributed by atoms with Crippen LogP contribution >= 0.6 is 15.9 Å². The third-order valence-corrected chi connectivity index (χ3v) is 7.17. The van der Waals surface area contributed by atoms with Gasteiger partial charge in [-0.05, 0) is 47.5 Å². The molecule has 0 aliphatic carbocycles. The minimum absolute atomic E-state index is 0.105. The molecule has 1 aromatic rings. The molecule has 1 heterocycles. The van der Waals surface area contributed by atoms with Gasteiger partial charge in [0, 0.05) is 26.7 Å². The fourth-order valence-electron chi connectivity index (χ4n) is 2.49. The molecule has 1 fully saturated rings. The Balaban J connectivity index is 2.05. The lowest BCUT2D eigenvalue weighted by Gasteiger charge is -2.39. The van der Waals surface area contributed by atoms with E-state index in [-0.39, 0.29) is 11.6 Å². The van der Waals surface area contributed by atoms with Crippen LogP contribution in [0.1, 0.15) is 19.4 Å². The number of benzene rings is 1. The van der Waals surface area contributed by atoms with Crippen molar-refractivity contribution >= 4 is 31.7 Å². The molecule has 23 heavy (non-hydrogen) atoms. The van der Waals surface area contributed by atoms with Crippen LogP contribution in [0.25, 0.3) is 0 Å². The smallest absolute Gasteiger partial charge is 0.193 e. The van der Waals surface area contributed by atoms with Crippen molar-refractivity contribution in [2.75, 3.05) is 25.9 Å². The maximum Gasteiger partial charge on any atom is 0.193 e. The molecule has 1 N–H and O–H groups in total. The first-order chi connectivity index (χ1) is 10.7. The first-order valence-corrected chi connectivity index (χ1v) is 9.72. The minimum atomic E-state index is -3.09. The molecule has 1 aliphatic rings. The van der Waals surface area contributed by atoms with Crippen LogP contribution in [0.2, 0.25) is 0 Å². The topological polar surface area (TPSA) is 61.8 Å². The molecule has 128 valence electrons. The summed E-state index contributed by atoms with van der Waals surface area (Å²) in [6, 6.07) is 4.93. The average molecular weight is 406 g/mol. The number of guanidine groups is 1. The van der Waals surface area contributed by atoms with Crippen molar-refractivity contribution in [3.8, 4) is 0 Å². The Morgan fingerprint density at radius 1 is 1.48 bits per heavy atom. The molecule has 1 saturated heterocycles. The molecule has 0 atom stereocenters. The lowest BCUT2D eigenvalue weighted by atomic mass is 10.2. The van der Waals surface area contributed by atoms with E-state index in [9.17, 15) is 12.8 Å². The van der Waals surface area contributed by atoms with E-state index in [1.165, 1.54) is 6.07 Å². The van der Waals surface area contributed by atoms with Crippen molar-refractivity contribution in [1.29, 1.82) is 0 Å². The second kappa shape index (κ2) is 6.76. The Labute approximate surface area is 145 Å². The highest BCUT2D eigenvalue weighted by atomic mass is 79.9. The fourth-order valence-corrected chi connectivity index (χ4v) is 4.10. The normalized spacial score (nSPS) is 20.4. The number of rotatable bonds is 2. The van der Waals surface area contributed by atoms with Crippen LogP contribution in [0, 0.1) is 5.82 Å². The van der Waals surface area contributed by atoms with Crippen molar-refractivity contribution in [3.05, 3.63) is 34.1 Å². The molecular formula is C15H21BrFN3O2S. The summed E-state index contributed by atoms with van der Waals surface area (Å²) in [6.07, 6.45) is 0. The van der Waals surface area contributed by atoms with Crippen molar-refractivity contribution in [1.82, 2.24) is 10.2 Å². The van der Waals surface area contributed by atoms with E-state index in [1.807, 2.05) is 11.0 Å². The molecule has 0 unspecified atom stereocenters. The van der Waals surface area contributed by atoms with Crippen LogP contribution in [-0.4, -0.2) is 49.9 Å². The molecular weight excluding hydrogens is 385 g/mol. The van der Waals surface area contributed by atoms with Gasteiger partial charge in [-0.3, -0.25) is 4.99 Å². The third kappa shape index (κ3) is 4.03. The number of hydrogen-bond donors (Lipinski definition) is 1. The summed E-state index contributed by atoms with van der Waals surface area (Å²) in [4.78, 5) is 6.14. The standard InChI is InChI=1S/C15H21BrFN3O2S/c1-15(2)10-20(6-7-23(15,21)22)14(18-3)19-9-11-4-5-12(16)13(17)8-11/h4-5,8H,6-7,9-10H2,1-3H3,(H,18,19). The molecule has 8 heteroatoms. The van der Waals surface area contributed by atoms with Gasteiger partial charge in [-0.2, -0.15) is 0 Å². The largest absolute Gasteiger partial charge is 0.352 e. The Hall–Kier alpha value is -1.15. The Morgan fingerprint density at radius 3 is 2.74 bits per heavy atom. The van der Waals surface area contributed by atoms with E-state index in [2.05, 4.69) is 26.2 Å². The van der Waals surface area contributed by atoms with Gasteiger partial charge >= 0.3 is 0 Å². The van der Waals surface area contributed by atoms with Crippen LogP contribution in [0.4, 0.5) is 4.39 Å². The number of nitrogens with zero attached hydrogens (tertiary/aromatic N) is 2. The maximum atomic E-state index is 13.5. The van der Waals surface area contributed by atoms with Crippen LogP contribution in [0.15, 0.2) is 27.7 Å². The van der Waals surface area contributed by atoms with E-state index in [0.717, 1.165) is 5.56 Å². The summed E-state index contributed by atoms with van der Waals surface area (Å²) in [5.41, 5.74) is 0.788. The van der Waals surface area contributed by atoms with Gasteiger partial charge in [0.1, 0.15) is 5.82 Å². The predicted molar refractivity (Wildman–Crippen MR) is 93.7 cm³/mol. The minimum Gasteiger partial charge on any atom is -0.352 e. The summed E-state index contributed by atoms with van der Waals surface area (Å²) in [6.45, 7) is 4.65. The van der Waals surface area contributed by atoms with Gasteiger partial charge in [-0.25, -0.2) is 12.8 Å². The van der Waals surface area contributed by atoms with E-state index < -0.39 is 14.6 Å². The lowest BCUT2D eigenvalue weighted by molar-refractivity contribution is 0.353. The average Bonchev–Trinajstić information content (AvgIpc) is 2.47. The number of sulfone groups is 1. The summed E-state index contributed by atoms with van der Waals surface area (Å²) in [5, 5.41) is 3.17. The van der Waals surface area contributed by atoms with Gasteiger partial charge in [-0.1, -0.05) is 6.07 Å². The highest BCUT2D eigenvalue weighted by Crippen LogP contribution is 2.23. The van der Waals surface area contributed by atoms with Crippen LogP contribution in [-0.2, 0) is 16.4 Å². The summed E-state index contributed by atoms with van der Waals surface area (Å²) in [7, 11) is -1.44. The van der Waals surface area contributed by atoms with Gasteiger partial charge in [-0.15, -0.1) is 0 Å². The Kier molecular flexibility index (Phi) is 5.35. The van der Waals surface area contributed by atoms with Gasteiger partial charge < -0.3 is 10.2 Å². The SMILES string of the molecule is CN=C(NCc1ccc(Br)c(F)c1)N1CCS(=O)(=O)C(C)(C)C1. The van der Waals surface area contributed by atoms with Gasteiger partial charge in [0.05, 0.1) is 15.0 Å². The summed E-state index contributed by atoms with van der Waals surface area (Å²) in [5.74, 6) is 0.411. The zero-order valence-corrected chi connectivity index (χ0v) is 15.8. The lowest BCUT2D eigenvalue weighted by Crippen LogP contribution is -2.57. The maximum absolute atomic E-state index is 13.5. The number of nitrogens with one attached hydrogen (secondary N) is 1. The molecule has 0 bridgehead atoms. The zero-order chi connectivity index (χ0) is 17.3. The molecule has 2 rings (SSSR count). The van der Waals surface area contributed by atoms with Crippen molar-refractivity contribution in [3.63, 3.8) is 0 Å². The van der Waals surface area contributed by atoms with Crippen molar-refractivity contribution < 1.29 is 12.8 Å². The van der Waals surface area contributed by atoms with Gasteiger partial charge in [0.2, 0.25) is 0 Å². The second-order valence-electron chi connectivity index (χ2n) is 6.15. The molecule has 1 aliphatic heterocycles. The first-order valence-electron chi connectivity index (χ1n) is 7.28. The second-order valence-corrected chi connectivity index (χ2v) is 9.75. The highest BCUT2D eigenvalue weighted by molar-refractivity contribution is 9.10. The quantitative estimate of drug-likeness (QED) is 0.604. The Morgan fingerprint density at radius 2 is 2.17 bits per heavy atom. The first kappa shape index (κ1) is 18.2. The number of halogens is 2. The molecule has 0 spiro atoms. The fraction of sp³-hybridized carbons (Fsp3) is 0.533. The van der Waals surface area contributed by atoms with E-state index in [4.69, 9.17) is 0 Å². The van der Waals surface area contributed by atoms with Crippen molar-refractivity contribution in [2.45, 2.75) is 25.1 Å². The molecule has 0 aromatic heterocycles. The summed E-state index contributed by atoms with van der Waals surface area (Å²) < 4.78 is 37.3. The highest BCUT2D eigenvalue weighted by Gasteiger charge is 2.40.